The van der Waals surface area contributed by atoms with Crippen LogP contribution < -0.4 is 5.32 Å². The fourth-order valence-corrected chi connectivity index (χ4v) is 3.08. The van der Waals surface area contributed by atoms with Gasteiger partial charge in [-0.15, -0.1) is 21.5 Å². The van der Waals surface area contributed by atoms with E-state index in [9.17, 15) is 4.79 Å². The largest absolute Gasteiger partial charge is 0.345 e. The summed E-state index contributed by atoms with van der Waals surface area (Å²) in [5.41, 5.74) is 2.09. The van der Waals surface area contributed by atoms with Crippen LogP contribution >= 0.6 is 11.3 Å². The normalized spacial score (nSPS) is 10.6. The van der Waals surface area contributed by atoms with E-state index in [0.29, 0.717) is 12.4 Å². The molecular weight excluding hydrogens is 350 g/mol. The van der Waals surface area contributed by atoms with E-state index in [2.05, 4.69) is 30.6 Å². The standard InChI is InChI=1S/C17H13N7OS/c25-16(14-6-7-15(23-22-14)24-11-18-10-20-24)19-8-13-9-26-17(21-13)12-4-2-1-3-5-12/h1-7,9-11H,8H2,(H,19,25). The summed E-state index contributed by atoms with van der Waals surface area (Å²) in [7, 11) is 0. The average Bonchev–Trinajstić information content (AvgIpc) is 3.39. The molecule has 4 aromatic rings. The second-order valence-corrected chi connectivity index (χ2v) is 6.17. The minimum Gasteiger partial charge on any atom is -0.345 e. The van der Waals surface area contributed by atoms with Crippen LogP contribution in [0, 0.1) is 0 Å². The third-order valence-electron chi connectivity index (χ3n) is 3.54. The molecule has 1 N–H and O–H groups in total. The topological polar surface area (TPSA) is 98.5 Å². The van der Waals surface area contributed by atoms with Crippen molar-refractivity contribution in [2.75, 3.05) is 0 Å². The minimum atomic E-state index is -0.308. The number of nitrogens with zero attached hydrogens (tertiary/aromatic N) is 6. The van der Waals surface area contributed by atoms with Crippen LogP contribution in [-0.2, 0) is 6.54 Å². The van der Waals surface area contributed by atoms with Gasteiger partial charge in [0.05, 0.1) is 12.2 Å². The van der Waals surface area contributed by atoms with E-state index in [4.69, 9.17) is 0 Å². The average molecular weight is 363 g/mol. The van der Waals surface area contributed by atoms with Crippen molar-refractivity contribution in [2.45, 2.75) is 6.54 Å². The lowest BCUT2D eigenvalue weighted by molar-refractivity contribution is 0.0944. The molecule has 0 unspecified atom stereocenters. The lowest BCUT2D eigenvalue weighted by Gasteiger charge is -2.03. The molecule has 0 aliphatic rings. The van der Waals surface area contributed by atoms with Crippen LogP contribution in [0.25, 0.3) is 16.4 Å². The van der Waals surface area contributed by atoms with Crippen LogP contribution in [0.2, 0.25) is 0 Å². The molecule has 0 radical (unpaired) electrons. The van der Waals surface area contributed by atoms with Gasteiger partial charge < -0.3 is 5.32 Å². The van der Waals surface area contributed by atoms with Crippen molar-refractivity contribution in [3.05, 3.63) is 71.9 Å². The smallest absolute Gasteiger partial charge is 0.272 e. The lowest BCUT2D eigenvalue weighted by atomic mass is 10.2. The molecule has 1 aromatic carbocycles. The van der Waals surface area contributed by atoms with Crippen molar-refractivity contribution < 1.29 is 4.79 Å². The number of thiazole rings is 1. The second kappa shape index (κ2) is 7.19. The number of hydrogen-bond acceptors (Lipinski definition) is 7. The van der Waals surface area contributed by atoms with Gasteiger partial charge in [-0.25, -0.2) is 14.6 Å². The van der Waals surface area contributed by atoms with Gasteiger partial charge in [-0.3, -0.25) is 4.79 Å². The van der Waals surface area contributed by atoms with Gasteiger partial charge in [0.2, 0.25) is 0 Å². The van der Waals surface area contributed by atoms with Crippen LogP contribution in [0.1, 0.15) is 16.2 Å². The molecule has 128 valence electrons. The Hall–Kier alpha value is -3.46. The monoisotopic (exact) mass is 363 g/mol. The zero-order valence-corrected chi connectivity index (χ0v) is 14.3. The molecule has 26 heavy (non-hydrogen) atoms. The lowest BCUT2D eigenvalue weighted by Crippen LogP contribution is -2.24. The highest BCUT2D eigenvalue weighted by molar-refractivity contribution is 7.13. The first-order chi connectivity index (χ1) is 12.8. The van der Waals surface area contributed by atoms with Crippen molar-refractivity contribution >= 4 is 17.2 Å². The summed E-state index contributed by atoms with van der Waals surface area (Å²) in [6, 6.07) is 13.2. The van der Waals surface area contributed by atoms with Crippen LogP contribution in [0.5, 0.6) is 0 Å². The predicted molar refractivity (Wildman–Crippen MR) is 95.7 cm³/mol. The van der Waals surface area contributed by atoms with Crippen LogP contribution in [0.3, 0.4) is 0 Å². The molecule has 3 heterocycles. The van der Waals surface area contributed by atoms with E-state index in [1.54, 1.807) is 23.5 Å². The number of benzene rings is 1. The summed E-state index contributed by atoms with van der Waals surface area (Å²) in [6.07, 6.45) is 2.91. The maximum Gasteiger partial charge on any atom is 0.272 e. The molecule has 0 atom stereocenters. The number of carbonyl (C=O) groups excluding carboxylic acids is 1. The molecule has 0 bridgehead atoms. The quantitative estimate of drug-likeness (QED) is 0.583. The van der Waals surface area contributed by atoms with Crippen molar-refractivity contribution in [3.8, 4) is 16.4 Å². The number of aromatic nitrogens is 6. The van der Waals surface area contributed by atoms with Gasteiger partial charge in [-0.05, 0) is 12.1 Å². The van der Waals surface area contributed by atoms with E-state index in [0.717, 1.165) is 16.3 Å². The molecule has 8 nitrogen and oxygen atoms in total. The van der Waals surface area contributed by atoms with E-state index < -0.39 is 0 Å². The fourth-order valence-electron chi connectivity index (χ4n) is 2.26. The Morgan fingerprint density at radius 1 is 1.12 bits per heavy atom. The number of rotatable bonds is 5. The summed E-state index contributed by atoms with van der Waals surface area (Å²) in [5.74, 6) is 0.183. The van der Waals surface area contributed by atoms with Crippen LogP contribution in [-0.4, -0.2) is 35.9 Å². The number of nitrogens with one attached hydrogen (secondary N) is 1. The third kappa shape index (κ3) is 3.47. The van der Waals surface area contributed by atoms with Gasteiger partial charge in [0.25, 0.3) is 5.91 Å². The number of amides is 1. The SMILES string of the molecule is O=C(NCc1csc(-c2ccccc2)n1)c1ccc(-n2cncn2)nn1. The molecule has 0 fully saturated rings. The highest BCUT2D eigenvalue weighted by Gasteiger charge is 2.10. The minimum absolute atomic E-state index is 0.229. The number of hydrogen-bond donors (Lipinski definition) is 1. The summed E-state index contributed by atoms with van der Waals surface area (Å²) < 4.78 is 1.47. The van der Waals surface area contributed by atoms with Gasteiger partial charge in [-0.1, -0.05) is 30.3 Å². The molecule has 0 saturated carbocycles. The predicted octanol–water partition coefficient (Wildman–Crippen LogP) is 2.11. The van der Waals surface area contributed by atoms with E-state index in [1.807, 2.05) is 35.7 Å². The molecule has 1 amide bonds. The second-order valence-electron chi connectivity index (χ2n) is 5.31. The molecule has 0 saturated heterocycles. The highest BCUT2D eigenvalue weighted by atomic mass is 32.1. The Bertz CT molecular complexity index is 997. The molecule has 4 rings (SSSR count). The maximum absolute atomic E-state index is 12.2. The summed E-state index contributed by atoms with van der Waals surface area (Å²) in [6.45, 7) is 0.328. The Balaban J connectivity index is 1.39. The van der Waals surface area contributed by atoms with E-state index in [-0.39, 0.29) is 11.6 Å². The first-order valence-electron chi connectivity index (χ1n) is 7.76. The van der Waals surface area contributed by atoms with E-state index in [1.165, 1.54) is 17.3 Å². The maximum atomic E-state index is 12.2. The Morgan fingerprint density at radius 3 is 2.73 bits per heavy atom. The number of carbonyl (C=O) groups is 1. The van der Waals surface area contributed by atoms with Crippen molar-refractivity contribution in [1.29, 1.82) is 0 Å². The van der Waals surface area contributed by atoms with Crippen molar-refractivity contribution in [1.82, 2.24) is 35.3 Å². The molecule has 0 aliphatic carbocycles. The molecule has 3 aromatic heterocycles. The molecule has 9 heteroatoms. The first-order valence-corrected chi connectivity index (χ1v) is 8.64. The van der Waals surface area contributed by atoms with Gasteiger partial charge in [0.15, 0.2) is 11.5 Å². The van der Waals surface area contributed by atoms with Gasteiger partial charge >= 0.3 is 0 Å². The molecule has 0 spiro atoms. The summed E-state index contributed by atoms with van der Waals surface area (Å²) >= 11 is 1.54. The zero-order valence-electron chi connectivity index (χ0n) is 13.5. The first kappa shape index (κ1) is 16.0. The Kier molecular flexibility index (Phi) is 4.44. The van der Waals surface area contributed by atoms with Crippen molar-refractivity contribution in [2.24, 2.45) is 0 Å². The van der Waals surface area contributed by atoms with Crippen LogP contribution in [0.15, 0.2) is 60.5 Å². The zero-order chi connectivity index (χ0) is 17.8. The van der Waals surface area contributed by atoms with Crippen molar-refractivity contribution in [3.63, 3.8) is 0 Å². The van der Waals surface area contributed by atoms with Gasteiger partial charge in [-0.2, -0.15) is 5.10 Å². The van der Waals surface area contributed by atoms with Crippen LogP contribution in [0.4, 0.5) is 0 Å². The van der Waals surface area contributed by atoms with E-state index >= 15 is 0 Å². The molecular formula is C17H13N7OS. The fraction of sp³-hybridized carbons (Fsp3) is 0.0588. The molecule has 0 aliphatic heterocycles. The third-order valence-corrected chi connectivity index (χ3v) is 4.48. The Morgan fingerprint density at radius 2 is 2.00 bits per heavy atom. The summed E-state index contributed by atoms with van der Waals surface area (Å²) in [5, 5.41) is 17.5. The highest BCUT2D eigenvalue weighted by Crippen LogP contribution is 2.23. The Labute approximate surface area is 152 Å². The summed E-state index contributed by atoms with van der Waals surface area (Å²) in [4.78, 5) is 20.6. The van der Waals surface area contributed by atoms with Gasteiger partial charge in [0.1, 0.15) is 17.7 Å². The van der Waals surface area contributed by atoms with Gasteiger partial charge in [0, 0.05) is 10.9 Å².